The van der Waals surface area contributed by atoms with Crippen LogP contribution in [0.4, 0.5) is 13.2 Å². The molecule has 0 aromatic heterocycles. The summed E-state index contributed by atoms with van der Waals surface area (Å²) in [7, 11) is 0. The molecular weight excluding hydrogens is 251 g/mol. The molecule has 4 nitrogen and oxygen atoms in total. The van der Waals surface area contributed by atoms with Gasteiger partial charge in [-0.2, -0.15) is 18.4 Å². The monoisotopic (exact) mass is 259 g/mol. The maximum atomic E-state index is 12.7. The van der Waals surface area contributed by atoms with E-state index in [1.54, 1.807) is 0 Å². The number of hydrogen-bond donors (Lipinski definition) is 1. The second kappa shape index (κ2) is 4.96. The Morgan fingerprint density at radius 2 is 2.11 bits per heavy atom. The lowest BCUT2D eigenvalue weighted by Gasteiger charge is -2.13. The zero-order valence-electron chi connectivity index (χ0n) is 9.21. The standard InChI is InChI=1S/C11H8F3NO3/c1-2-18-10(17)7-3-6(5-15)9(16)4-8(7)11(12,13)14/h3-4,16H,2H2,1H3. The molecule has 0 aliphatic rings. The molecule has 0 amide bonds. The van der Waals surface area contributed by atoms with Crippen LogP contribution in [0.5, 0.6) is 5.75 Å². The number of aromatic hydroxyl groups is 1. The number of nitriles is 1. The van der Waals surface area contributed by atoms with E-state index in [0.29, 0.717) is 12.1 Å². The number of halogens is 3. The molecule has 0 radical (unpaired) electrons. The number of benzene rings is 1. The van der Waals surface area contributed by atoms with E-state index in [1.807, 2.05) is 0 Å². The Labute approximate surface area is 100 Å². The van der Waals surface area contributed by atoms with Crippen LogP contribution in [-0.2, 0) is 10.9 Å². The highest BCUT2D eigenvalue weighted by atomic mass is 19.4. The minimum atomic E-state index is -4.83. The third kappa shape index (κ3) is 2.71. The summed E-state index contributed by atoms with van der Waals surface area (Å²) in [5.41, 5.74) is -2.55. The van der Waals surface area contributed by atoms with Crippen LogP contribution < -0.4 is 0 Å². The lowest BCUT2D eigenvalue weighted by molar-refractivity contribution is -0.138. The fraction of sp³-hybridized carbons (Fsp3) is 0.273. The number of carbonyl (C=O) groups excluding carboxylic acids is 1. The Hall–Kier alpha value is -2.23. The van der Waals surface area contributed by atoms with E-state index in [4.69, 9.17) is 5.26 Å². The first-order chi connectivity index (χ1) is 8.31. The topological polar surface area (TPSA) is 70.3 Å². The van der Waals surface area contributed by atoms with Crippen LogP contribution in [0, 0.1) is 11.3 Å². The van der Waals surface area contributed by atoms with Crippen LogP contribution in [0.3, 0.4) is 0 Å². The molecule has 0 unspecified atom stereocenters. The van der Waals surface area contributed by atoms with E-state index in [0.717, 1.165) is 0 Å². The molecule has 0 saturated carbocycles. The minimum Gasteiger partial charge on any atom is -0.507 e. The van der Waals surface area contributed by atoms with Gasteiger partial charge in [-0.3, -0.25) is 0 Å². The van der Waals surface area contributed by atoms with Crippen molar-refractivity contribution >= 4 is 5.97 Å². The normalized spacial score (nSPS) is 10.8. The van der Waals surface area contributed by atoms with E-state index >= 15 is 0 Å². The van der Waals surface area contributed by atoms with Crippen molar-refractivity contribution in [3.8, 4) is 11.8 Å². The summed E-state index contributed by atoms with van der Waals surface area (Å²) in [4.78, 5) is 11.4. The number of alkyl halides is 3. The van der Waals surface area contributed by atoms with Crippen molar-refractivity contribution in [1.29, 1.82) is 5.26 Å². The SMILES string of the molecule is CCOC(=O)c1cc(C#N)c(O)cc1C(F)(F)F. The van der Waals surface area contributed by atoms with Crippen molar-refractivity contribution in [2.45, 2.75) is 13.1 Å². The third-order valence-corrected chi connectivity index (χ3v) is 2.06. The summed E-state index contributed by atoms with van der Waals surface area (Å²) < 4.78 is 42.5. The van der Waals surface area contributed by atoms with Crippen LogP contribution in [-0.4, -0.2) is 17.7 Å². The Morgan fingerprint density at radius 3 is 2.56 bits per heavy atom. The maximum Gasteiger partial charge on any atom is 0.417 e. The zero-order valence-corrected chi connectivity index (χ0v) is 9.21. The summed E-state index contributed by atoms with van der Waals surface area (Å²) >= 11 is 0. The quantitative estimate of drug-likeness (QED) is 0.828. The van der Waals surface area contributed by atoms with Gasteiger partial charge in [-0.05, 0) is 19.1 Å². The summed E-state index contributed by atoms with van der Waals surface area (Å²) in [6.07, 6.45) is -4.83. The van der Waals surface area contributed by atoms with Gasteiger partial charge in [-0.25, -0.2) is 4.79 Å². The van der Waals surface area contributed by atoms with Crippen LogP contribution in [0.15, 0.2) is 12.1 Å². The van der Waals surface area contributed by atoms with Crippen LogP contribution in [0.1, 0.15) is 28.4 Å². The van der Waals surface area contributed by atoms with Gasteiger partial charge in [0.15, 0.2) is 0 Å². The van der Waals surface area contributed by atoms with Crippen LogP contribution in [0.2, 0.25) is 0 Å². The van der Waals surface area contributed by atoms with Crippen molar-refractivity contribution in [1.82, 2.24) is 0 Å². The highest BCUT2D eigenvalue weighted by molar-refractivity contribution is 5.92. The minimum absolute atomic E-state index is 0.0983. The van der Waals surface area contributed by atoms with Crippen molar-refractivity contribution in [3.63, 3.8) is 0 Å². The number of carbonyl (C=O) groups is 1. The van der Waals surface area contributed by atoms with Crippen LogP contribution >= 0.6 is 0 Å². The molecular formula is C11H8F3NO3. The average Bonchev–Trinajstić information content (AvgIpc) is 2.27. The molecule has 96 valence electrons. The molecule has 0 bridgehead atoms. The fourth-order valence-corrected chi connectivity index (χ4v) is 1.29. The van der Waals surface area contributed by atoms with Gasteiger partial charge in [0, 0.05) is 0 Å². The second-order valence-corrected chi connectivity index (χ2v) is 3.24. The fourth-order valence-electron chi connectivity index (χ4n) is 1.29. The van der Waals surface area contributed by atoms with Gasteiger partial charge in [0.25, 0.3) is 0 Å². The van der Waals surface area contributed by atoms with Crippen molar-refractivity contribution in [2.24, 2.45) is 0 Å². The zero-order chi connectivity index (χ0) is 13.9. The van der Waals surface area contributed by atoms with Crippen molar-refractivity contribution in [3.05, 3.63) is 28.8 Å². The Balaban J connectivity index is 3.46. The summed E-state index contributed by atoms with van der Waals surface area (Å²) in [6, 6.07) is 2.49. The van der Waals surface area contributed by atoms with Crippen LogP contribution in [0.25, 0.3) is 0 Å². The van der Waals surface area contributed by atoms with E-state index < -0.39 is 34.6 Å². The molecule has 0 saturated heterocycles. The first kappa shape index (κ1) is 13.8. The molecule has 0 atom stereocenters. The second-order valence-electron chi connectivity index (χ2n) is 3.24. The molecule has 1 aromatic carbocycles. The molecule has 1 aromatic rings. The number of nitrogens with zero attached hydrogens (tertiary/aromatic N) is 1. The van der Waals surface area contributed by atoms with Crippen molar-refractivity contribution < 1.29 is 27.8 Å². The Morgan fingerprint density at radius 1 is 1.50 bits per heavy atom. The van der Waals surface area contributed by atoms with Gasteiger partial charge in [-0.15, -0.1) is 0 Å². The molecule has 18 heavy (non-hydrogen) atoms. The number of ether oxygens (including phenoxy) is 1. The lowest BCUT2D eigenvalue weighted by Crippen LogP contribution is -2.15. The molecule has 1 N–H and O–H groups in total. The van der Waals surface area contributed by atoms with Gasteiger partial charge in [-0.1, -0.05) is 0 Å². The van der Waals surface area contributed by atoms with Crippen molar-refractivity contribution in [2.75, 3.05) is 6.61 Å². The molecule has 0 fully saturated rings. The van der Waals surface area contributed by atoms with E-state index in [-0.39, 0.29) is 6.61 Å². The predicted octanol–water partition coefficient (Wildman–Crippen LogP) is 2.46. The molecule has 0 spiro atoms. The lowest BCUT2D eigenvalue weighted by atomic mass is 10.0. The number of phenols is 1. The van der Waals surface area contributed by atoms with E-state index in [1.165, 1.54) is 13.0 Å². The predicted molar refractivity (Wildman–Crippen MR) is 53.8 cm³/mol. The molecule has 1 rings (SSSR count). The summed E-state index contributed by atoms with van der Waals surface area (Å²) in [5.74, 6) is -2.03. The smallest absolute Gasteiger partial charge is 0.417 e. The first-order valence-corrected chi connectivity index (χ1v) is 4.82. The number of rotatable bonds is 2. The number of esters is 1. The van der Waals surface area contributed by atoms with E-state index in [2.05, 4.69) is 4.74 Å². The maximum absolute atomic E-state index is 12.7. The Kier molecular flexibility index (Phi) is 3.81. The highest BCUT2D eigenvalue weighted by Crippen LogP contribution is 2.36. The average molecular weight is 259 g/mol. The van der Waals surface area contributed by atoms with E-state index in [9.17, 15) is 23.1 Å². The van der Waals surface area contributed by atoms with Gasteiger partial charge in [0.1, 0.15) is 11.8 Å². The molecule has 0 heterocycles. The summed E-state index contributed by atoms with van der Waals surface area (Å²) in [5, 5.41) is 17.8. The number of hydrogen-bond acceptors (Lipinski definition) is 4. The first-order valence-electron chi connectivity index (χ1n) is 4.82. The molecule has 0 aliphatic carbocycles. The van der Waals surface area contributed by atoms with Gasteiger partial charge in [0.2, 0.25) is 0 Å². The molecule has 7 heteroatoms. The largest absolute Gasteiger partial charge is 0.507 e. The molecule has 0 aliphatic heterocycles. The highest BCUT2D eigenvalue weighted by Gasteiger charge is 2.36. The number of phenolic OH excluding ortho intramolecular Hbond substituents is 1. The summed E-state index contributed by atoms with van der Waals surface area (Å²) in [6.45, 7) is 1.34. The Bertz CT molecular complexity index is 517. The van der Waals surface area contributed by atoms with Gasteiger partial charge < -0.3 is 9.84 Å². The third-order valence-electron chi connectivity index (χ3n) is 2.06. The van der Waals surface area contributed by atoms with Gasteiger partial charge in [0.05, 0.1) is 23.3 Å². The van der Waals surface area contributed by atoms with Gasteiger partial charge >= 0.3 is 12.1 Å².